The summed E-state index contributed by atoms with van der Waals surface area (Å²) in [5.41, 5.74) is 19.0. The molecule has 2 heterocycles. The molecule has 0 saturated carbocycles. The highest BCUT2D eigenvalue weighted by molar-refractivity contribution is 5.83. The second kappa shape index (κ2) is 12.2. The summed E-state index contributed by atoms with van der Waals surface area (Å²) in [6.07, 6.45) is -0.404. The van der Waals surface area contributed by atoms with Crippen LogP contribution in [0.15, 0.2) is 53.5 Å². The molecule has 0 radical (unpaired) electrons. The van der Waals surface area contributed by atoms with Crippen molar-refractivity contribution in [1.82, 2.24) is 14.5 Å². The molecular formula is C28H32F4N6O2. The van der Waals surface area contributed by atoms with Crippen LogP contribution in [0.2, 0.25) is 0 Å². The number of nitrogens with zero attached hydrogens (tertiary/aromatic N) is 2. The molecule has 0 spiro atoms. The normalized spacial score (nSPS) is 13.5. The Morgan fingerprint density at radius 2 is 1.80 bits per heavy atom. The molecule has 0 amide bonds. The first-order valence-corrected chi connectivity index (χ1v) is 13.0. The molecule has 8 nitrogen and oxygen atoms in total. The molecule has 2 aromatic carbocycles. The van der Waals surface area contributed by atoms with E-state index >= 15 is 4.39 Å². The summed E-state index contributed by atoms with van der Waals surface area (Å²) in [7, 11) is 0. The minimum absolute atomic E-state index is 0.0809. The molecule has 0 fully saturated rings. The lowest BCUT2D eigenvalue weighted by Gasteiger charge is -2.14. The zero-order valence-corrected chi connectivity index (χ0v) is 22.0. The molecule has 0 saturated heterocycles. The number of hydrogen-bond donors (Lipinski definition) is 4. The molecule has 214 valence electrons. The van der Waals surface area contributed by atoms with E-state index in [1.54, 1.807) is 12.1 Å². The molecule has 7 N–H and O–H groups in total. The highest BCUT2D eigenvalue weighted by Gasteiger charge is 2.33. The fourth-order valence-electron chi connectivity index (χ4n) is 4.53. The molecule has 2 aromatic heterocycles. The van der Waals surface area contributed by atoms with Gasteiger partial charge < -0.3 is 26.9 Å². The standard InChI is InChI=1S/C28H32F4N6O2/c1-16(34)4-2-5-17-12-21(25(29)24(13-17)40-28(30,31)32)23-14-19-15-38(27(39)37-26(19)36-23)20-9-7-18(8-10-20)22(35)6-3-11-33/h7-10,12-16,22H,2-6,11,33-35H2,1H3,(H,36,37,39)/t16-,22+/m0/s1. The largest absolute Gasteiger partial charge is 0.573 e. The zero-order chi connectivity index (χ0) is 29.0. The van der Waals surface area contributed by atoms with E-state index in [0.717, 1.165) is 24.5 Å². The quantitative estimate of drug-likeness (QED) is 0.194. The van der Waals surface area contributed by atoms with E-state index in [0.29, 0.717) is 42.4 Å². The van der Waals surface area contributed by atoms with Crippen LogP contribution in [0.25, 0.3) is 28.0 Å². The molecule has 4 rings (SSSR count). The summed E-state index contributed by atoms with van der Waals surface area (Å²) in [6.45, 7) is 2.37. The first-order chi connectivity index (χ1) is 18.9. The second-order valence-electron chi connectivity index (χ2n) is 9.88. The van der Waals surface area contributed by atoms with E-state index in [4.69, 9.17) is 17.2 Å². The first kappa shape index (κ1) is 29.2. The monoisotopic (exact) mass is 560 g/mol. The van der Waals surface area contributed by atoms with Crippen LogP contribution in [-0.4, -0.2) is 33.5 Å². The number of fused-ring (bicyclic) bond motifs is 1. The fraction of sp³-hybridized carbons (Fsp3) is 0.357. The number of rotatable bonds is 11. The van der Waals surface area contributed by atoms with E-state index in [-0.39, 0.29) is 29.0 Å². The number of nitrogens with one attached hydrogen (secondary N) is 1. The van der Waals surface area contributed by atoms with Crippen LogP contribution < -0.4 is 27.6 Å². The SMILES string of the molecule is C[C@H](N)CCCc1cc(OC(F)(F)F)c(F)c(-c2cc3cn(-c4ccc([C@H](N)CCCN)cc4)c(=O)nc3[nH]2)c1. The Kier molecular flexibility index (Phi) is 8.92. The average molecular weight is 561 g/mol. The van der Waals surface area contributed by atoms with Gasteiger partial charge in [-0.05, 0) is 87.0 Å². The molecule has 4 aromatic rings. The summed E-state index contributed by atoms with van der Waals surface area (Å²) in [6, 6.07) is 10.9. The van der Waals surface area contributed by atoms with Gasteiger partial charge >= 0.3 is 12.1 Å². The average Bonchev–Trinajstić information content (AvgIpc) is 3.30. The molecule has 0 aliphatic rings. The highest BCUT2D eigenvalue weighted by Crippen LogP contribution is 2.35. The Morgan fingerprint density at radius 3 is 2.45 bits per heavy atom. The molecule has 12 heteroatoms. The number of benzene rings is 2. The number of hydrogen-bond acceptors (Lipinski definition) is 6. The summed E-state index contributed by atoms with van der Waals surface area (Å²) in [5.74, 6) is -2.12. The van der Waals surface area contributed by atoms with Crippen molar-refractivity contribution >= 4 is 11.0 Å². The zero-order valence-electron chi connectivity index (χ0n) is 22.0. The third-order valence-corrected chi connectivity index (χ3v) is 6.57. The maximum atomic E-state index is 15.3. The minimum Gasteiger partial charge on any atom is -0.403 e. The van der Waals surface area contributed by atoms with Gasteiger partial charge in [0.2, 0.25) is 0 Å². The van der Waals surface area contributed by atoms with Gasteiger partial charge in [-0.1, -0.05) is 12.1 Å². The fourth-order valence-corrected chi connectivity index (χ4v) is 4.53. The number of alkyl halides is 3. The minimum atomic E-state index is -5.07. The van der Waals surface area contributed by atoms with E-state index in [1.165, 1.54) is 22.9 Å². The van der Waals surface area contributed by atoms with Gasteiger partial charge in [-0.2, -0.15) is 4.98 Å². The molecule has 2 atom stereocenters. The topological polar surface area (TPSA) is 138 Å². The lowest BCUT2D eigenvalue weighted by molar-refractivity contribution is -0.275. The van der Waals surface area contributed by atoms with Gasteiger partial charge in [-0.3, -0.25) is 4.57 Å². The van der Waals surface area contributed by atoms with Gasteiger partial charge in [0.1, 0.15) is 5.65 Å². The van der Waals surface area contributed by atoms with Crippen LogP contribution in [0.5, 0.6) is 5.75 Å². The number of aromatic nitrogens is 3. The Morgan fingerprint density at radius 1 is 1.07 bits per heavy atom. The number of aryl methyl sites for hydroxylation is 1. The number of nitrogens with two attached hydrogens (primary N) is 3. The Balaban J connectivity index is 1.70. The van der Waals surface area contributed by atoms with Crippen LogP contribution in [-0.2, 0) is 6.42 Å². The number of halogens is 4. The van der Waals surface area contributed by atoms with Gasteiger partial charge in [0.05, 0.1) is 11.4 Å². The summed E-state index contributed by atoms with van der Waals surface area (Å²) < 4.78 is 59.6. The lowest BCUT2D eigenvalue weighted by atomic mass is 10.0. The van der Waals surface area contributed by atoms with Crippen molar-refractivity contribution in [1.29, 1.82) is 0 Å². The highest BCUT2D eigenvalue weighted by atomic mass is 19.4. The van der Waals surface area contributed by atoms with Gasteiger partial charge in [-0.15, -0.1) is 13.2 Å². The van der Waals surface area contributed by atoms with Crippen molar-refractivity contribution < 1.29 is 22.3 Å². The van der Waals surface area contributed by atoms with Crippen LogP contribution in [0.4, 0.5) is 17.6 Å². The Bertz CT molecular complexity index is 1510. The summed E-state index contributed by atoms with van der Waals surface area (Å²) >= 11 is 0. The summed E-state index contributed by atoms with van der Waals surface area (Å²) in [4.78, 5) is 19.7. The van der Waals surface area contributed by atoms with Gasteiger partial charge in [0, 0.05) is 29.2 Å². The van der Waals surface area contributed by atoms with E-state index in [9.17, 15) is 18.0 Å². The number of ether oxygens (including phenoxy) is 1. The van der Waals surface area contributed by atoms with Crippen molar-refractivity contribution in [3.63, 3.8) is 0 Å². The third kappa shape index (κ3) is 7.06. The first-order valence-electron chi connectivity index (χ1n) is 13.0. The van der Waals surface area contributed by atoms with E-state index in [1.807, 2.05) is 19.1 Å². The molecule has 0 bridgehead atoms. The predicted octanol–water partition coefficient (Wildman–Crippen LogP) is 4.83. The number of H-pyrrole nitrogens is 1. The maximum absolute atomic E-state index is 15.3. The van der Waals surface area contributed by atoms with Gasteiger partial charge in [0.25, 0.3) is 0 Å². The predicted molar refractivity (Wildman–Crippen MR) is 146 cm³/mol. The van der Waals surface area contributed by atoms with Crippen molar-refractivity contribution in [3.8, 4) is 22.7 Å². The smallest absolute Gasteiger partial charge is 0.403 e. The van der Waals surface area contributed by atoms with Crippen LogP contribution >= 0.6 is 0 Å². The van der Waals surface area contributed by atoms with Crippen LogP contribution in [0.1, 0.15) is 49.8 Å². The molecular weight excluding hydrogens is 528 g/mol. The van der Waals surface area contributed by atoms with Crippen LogP contribution in [0.3, 0.4) is 0 Å². The van der Waals surface area contributed by atoms with Crippen molar-refractivity contribution in [3.05, 3.63) is 76.1 Å². The Hall–Kier alpha value is -3.74. The molecule has 0 aliphatic heterocycles. The third-order valence-electron chi connectivity index (χ3n) is 6.57. The molecule has 0 aliphatic carbocycles. The van der Waals surface area contributed by atoms with Crippen molar-refractivity contribution in [2.45, 2.75) is 57.5 Å². The summed E-state index contributed by atoms with van der Waals surface area (Å²) in [5, 5.41) is 0.457. The van der Waals surface area contributed by atoms with Crippen molar-refractivity contribution in [2.75, 3.05) is 6.54 Å². The van der Waals surface area contributed by atoms with Gasteiger partial charge in [0.15, 0.2) is 11.6 Å². The number of aromatic amines is 1. The van der Waals surface area contributed by atoms with Gasteiger partial charge in [-0.25, -0.2) is 9.18 Å². The maximum Gasteiger partial charge on any atom is 0.573 e. The van der Waals surface area contributed by atoms with E-state index in [2.05, 4.69) is 14.7 Å². The second-order valence-corrected chi connectivity index (χ2v) is 9.88. The van der Waals surface area contributed by atoms with E-state index < -0.39 is 23.6 Å². The Labute approximate surface area is 228 Å². The lowest BCUT2D eigenvalue weighted by Crippen LogP contribution is -2.20. The van der Waals surface area contributed by atoms with Crippen molar-refractivity contribution in [2.24, 2.45) is 17.2 Å². The molecule has 40 heavy (non-hydrogen) atoms. The molecule has 0 unspecified atom stereocenters. The van der Waals surface area contributed by atoms with Crippen LogP contribution in [0, 0.1) is 5.82 Å².